The molecular weight excluding hydrogens is 346 g/mol. The number of rotatable bonds is 5. The zero-order valence-electron chi connectivity index (χ0n) is 14.9. The Morgan fingerprint density at radius 1 is 1.33 bits per heavy atom. The number of hydrogen-bond acceptors (Lipinski definition) is 5. The van der Waals surface area contributed by atoms with Gasteiger partial charge in [0.15, 0.2) is 0 Å². The van der Waals surface area contributed by atoms with E-state index in [1.165, 1.54) is 4.90 Å². The first-order valence-electron chi connectivity index (χ1n) is 8.91. The summed E-state index contributed by atoms with van der Waals surface area (Å²) >= 11 is 0. The number of amides is 1. The molecule has 3 rings (SSSR count). The fourth-order valence-electron chi connectivity index (χ4n) is 3.33. The lowest BCUT2D eigenvalue weighted by molar-refractivity contribution is -0.168. The van der Waals surface area contributed by atoms with Crippen LogP contribution in [0.3, 0.4) is 0 Å². The topological polar surface area (TPSA) is 72.9 Å². The normalized spacial score (nSPS) is 24.2. The van der Waals surface area contributed by atoms with Crippen molar-refractivity contribution in [3.8, 4) is 12.3 Å². The molecule has 0 aromatic heterocycles. The third-order valence-corrected chi connectivity index (χ3v) is 4.76. The van der Waals surface area contributed by atoms with Crippen molar-refractivity contribution in [1.82, 2.24) is 4.90 Å². The van der Waals surface area contributed by atoms with Gasteiger partial charge in [0.2, 0.25) is 5.60 Å². The van der Waals surface area contributed by atoms with Crippen molar-refractivity contribution in [2.45, 2.75) is 50.4 Å². The molecule has 0 bridgehead atoms. The highest BCUT2D eigenvalue weighted by molar-refractivity contribution is 5.94. The lowest BCUT2D eigenvalue weighted by Gasteiger charge is -2.35. The first kappa shape index (κ1) is 18.7. The Kier molecular flexibility index (Phi) is 5.60. The minimum atomic E-state index is -1.40. The minimum Gasteiger partial charge on any atom is -0.459 e. The van der Waals surface area contributed by atoms with Crippen LogP contribution in [0.5, 0.6) is 0 Å². The maximum atomic E-state index is 13.1. The van der Waals surface area contributed by atoms with Crippen LogP contribution in [0.4, 0.5) is 0 Å². The van der Waals surface area contributed by atoms with Gasteiger partial charge in [-0.1, -0.05) is 36.4 Å². The number of allylic oxidation sites excluding steroid dienone is 1. The predicted octanol–water partition coefficient (Wildman–Crippen LogP) is 2.33. The predicted molar refractivity (Wildman–Crippen MR) is 96.8 cm³/mol. The molecular formula is C21H21NO5. The average molecular weight is 367 g/mol. The summed E-state index contributed by atoms with van der Waals surface area (Å²) in [4.78, 5) is 38.7. The summed E-state index contributed by atoms with van der Waals surface area (Å²) in [7, 11) is 0. The van der Waals surface area contributed by atoms with Gasteiger partial charge in [0, 0.05) is 19.0 Å². The standard InChI is InChI=1S/C21H21NO5/c1-2-12-21(13-11-18(23)27-21)20(25)22-14-7-6-10-17(22)19(24)26-15-16-8-4-3-5-9-16/h1,3-5,7-9,14,17H,6,10-13,15H2/t17-,21?/m0/s1. The quantitative estimate of drug-likeness (QED) is 0.590. The number of esters is 2. The summed E-state index contributed by atoms with van der Waals surface area (Å²) in [6, 6.07) is 8.56. The van der Waals surface area contributed by atoms with Gasteiger partial charge in [0.1, 0.15) is 12.6 Å². The Labute approximate surface area is 158 Å². The number of ether oxygens (including phenoxy) is 2. The van der Waals surface area contributed by atoms with Crippen LogP contribution in [-0.2, 0) is 30.5 Å². The van der Waals surface area contributed by atoms with Gasteiger partial charge in [-0.25, -0.2) is 4.79 Å². The second-order valence-corrected chi connectivity index (χ2v) is 6.63. The van der Waals surface area contributed by atoms with E-state index in [4.69, 9.17) is 15.9 Å². The Hall–Kier alpha value is -3.07. The van der Waals surface area contributed by atoms with Gasteiger partial charge in [-0.15, -0.1) is 12.3 Å². The third kappa shape index (κ3) is 4.03. The number of hydrogen-bond donors (Lipinski definition) is 0. The Bertz CT molecular complexity index is 795. The minimum absolute atomic E-state index is 0.0201. The van der Waals surface area contributed by atoms with Crippen LogP contribution in [0.15, 0.2) is 42.6 Å². The van der Waals surface area contributed by atoms with E-state index in [1.807, 2.05) is 30.3 Å². The van der Waals surface area contributed by atoms with Crippen molar-refractivity contribution >= 4 is 17.8 Å². The largest absolute Gasteiger partial charge is 0.459 e. The number of cyclic esters (lactones) is 1. The number of benzene rings is 1. The van der Waals surface area contributed by atoms with E-state index in [9.17, 15) is 14.4 Å². The summed E-state index contributed by atoms with van der Waals surface area (Å²) in [5.41, 5.74) is -0.533. The molecule has 0 saturated carbocycles. The fourth-order valence-corrected chi connectivity index (χ4v) is 3.33. The molecule has 0 N–H and O–H groups in total. The summed E-state index contributed by atoms with van der Waals surface area (Å²) in [6.45, 7) is 0.131. The molecule has 0 aliphatic carbocycles. The van der Waals surface area contributed by atoms with Gasteiger partial charge < -0.3 is 14.4 Å². The smallest absolute Gasteiger partial charge is 0.329 e. The SMILES string of the molecule is C#CCC1(C(=O)N2C=CCC[C@H]2C(=O)OCc2ccccc2)CCC(=O)O1. The number of nitrogens with zero attached hydrogens (tertiary/aromatic N) is 1. The van der Waals surface area contributed by atoms with Crippen molar-refractivity contribution in [3.63, 3.8) is 0 Å². The average Bonchev–Trinajstić information content (AvgIpc) is 3.08. The maximum Gasteiger partial charge on any atom is 0.329 e. The van der Waals surface area contributed by atoms with E-state index >= 15 is 0 Å². The molecule has 1 aromatic rings. The first-order chi connectivity index (χ1) is 13.1. The highest BCUT2D eigenvalue weighted by Crippen LogP contribution is 2.34. The van der Waals surface area contributed by atoms with Gasteiger partial charge in [-0.2, -0.15) is 0 Å². The van der Waals surface area contributed by atoms with Crippen molar-refractivity contribution in [2.75, 3.05) is 0 Å². The molecule has 2 atom stereocenters. The second kappa shape index (κ2) is 8.09. The molecule has 2 aliphatic heterocycles. The molecule has 1 unspecified atom stereocenters. The van der Waals surface area contributed by atoms with Crippen molar-refractivity contribution in [2.24, 2.45) is 0 Å². The highest BCUT2D eigenvalue weighted by Gasteiger charge is 2.50. The molecule has 6 heteroatoms. The van der Waals surface area contributed by atoms with Gasteiger partial charge >= 0.3 is 11.9 Å². The van der Waals surface area contributed by atoms with Crippen molar-refractivity contribution in [1.29, 1.82) is 0 Å². The second-order valence-electron chi connectivity index (χ2n) is 6.63. The lowest BCUT2D eigenvalue weighted by Crippen LogP contribution is -2.53. The maximum absolute atomic E-state index is 13.1. The van der Waals surface area contributed by atoms with Gasteiger partial charge in [0.25, 0.3) is 5.91 Å². The van der Waals surface area contributed by atoms with Crippen LogP contribution in [-0.4, -0.2) is 34.4 Å². The molecule has 2 heterocycles. The summed E-state index contributed by atoms with van der Waals surface area (Å²) < 4.78 is 10.7. The molecule has 0 radical (unpaired) electrons. The van der Waals surface area contributed by atoms with Crippen molar-refractivity contribution < 1.29 is 23.9 Å². The van der Waals surface area contributed by atoms with Gasteiger partial charge in [0.05, 0.1) is 6.42 Å². The lowest BCUT2D eigenvalue weighted by atomic mass is 9.92. The number of carbonyl (C=O) groups excluding carboxylic acids is 3. The van der Waals surface area contributed by atoms with Gasteiger partial charge in [-0.3, -0.25) is 9.59 Å². The van der Waals surface area contributed by atoms with Crippen LogP contribution < -0.4 is 0 Å². The molecule has 140 valence electrons. The molecule has 2 aliphatic rings. The third-order valence-electron chi connectivity index (χ3n) is 4.76. The van der Waals surface area contributed by atoms with E-state index in [1.54, 1.807) is 12.3 Å². The zero-order valence-corrected chi connectivity index (χ0v) is 14.9. The Morgan fingerprint density at radius 2 is 2.11 bits per heavy atom. The molecule has 27 heavy (non-hydrogen) atoms. The van der Waals surface area contributed by atoms with E-state index in [0.29, 0.717) is 12.8 Å². The van der Waals surface area contributed by atoms with Crippen LogP contribution in [0.25, 0.3) is 0 Å². The van der Waals surface area contributed by atoms with E-state index in [2.05, 4.69) is 5.92 Å². The molecule has 1 amide bonds. The van der Waals surface area contributed by atoms with Crippen LogP contribution in [0, 0.1) is 12.3 Å². The van der Waals surface area contributed by atoms with Crippen molar-refractivity contribution in [3.05, 3.63) is 48.2 Å². The molecule has 6 nitrogen and oxygen atoms in total. The monoisotopic (exact) mass is 367 g/mol. The van der Waals surface area contributed by atoms with Gasteiger partial charge in [-0.05, 0) is 18.4 Å². The summed E-state index contributed by atoms with van der Waals surface area (Å²) in [5.74, 6) is 1.00. The molecule has 0 spiro atoms. The molecule has 1 fully saturated rings. The van der Waals surface area contributed by atoms with Crippen LogP contribution >= 0.6 is 0 Å². The van der Waals surface area contributed by atoms with E-state index < -0.39 is 29.5 Å². The van der Waals surface area contributed by atoms with E-state index in [-0.39, 0.29) is 25.9 Å². The fraction of sp³-hybridized carbons (Fsp3) is 0.381. The zero-order chi connectivity index (χ0) is 19.3. The number of carbonyl (C=O) groups is 3. The van der Waals surface area contributed by atoms with Crippen LogP contribution in [0.2, 0.25) is 0 Å². The Balaban J connectivity index is 1.74. The molecule has 1 saturated heterocycles. The van der Waals surface area contributed by atoms with E-state index in [0.717, 1.165) is 5.56 Å². The summed E-state index contributed by atoms with van der Waals surface area (Å²) in [5, 5.41) is 0. The Morgan fingerprint density at radius 3 is 2.78 bits per heavy atom. The summed E-state index contributed by atoms with van der Waals surface area (Å²) in [6.07, 6.45) is 10.2. The molecule has 1 aromatic carbocycles. The highest BCUT2D eigenvalue weighted by atomic mass is 16.6. The first-order valence-corrected chi connectivity index (χ1v) is 8.91. The van der Waals surface area contributed by atoms with Crippen LogP contribution in [0.1, 0.15) is 37.7 Å². The number of terminal acetylenes is 1.